The minimum atomic E-state index is -0.774. The van der Waals surface area contributed by atoms with E-state index in [0.717, 1.165) is 41.8 Å². The first kappa shape index (κ1) is 97.7. The number of nitrogens with one attached hydrogen (secondary N) is 6. The van der Waals surface area contributed by atoms with Gasteiger partial charge in [0.25, 0.3) is 5.91 Å². The first-order valence-electron chi connectivity index (χ1n) is 41.5. The van der Waals surface area contributed by atoms with E-state index < -0.39 is 78.5 Å². The molecule has 2 saturated heterocycles. The largest absolute Gasteiger partial charge is 0.399 e. The molecule has 6 rings (SSSR count). The second-order valence-electron chi connectivity index (χ2n) is 33.2. The van der Waals surface area contributed by atoms with Crippen LogP contribution in [0.2, 0.25) is 0 Å². The normalized spacial score (nSPS) is 18.6. The number of nitrogens with zero attached hydrogens (tertiary/aromatic N) is 6. The van der Waals surface area contributed by atoms with Gasteiger partial charge in [0.05, 0.1) is 97.4 Å². The third kappa shape index (κ3) is 27.6. The number of nitrogen functional groups attached to an aromatic ring is 1. The van der Waals surface area contributed by atoms with E-state index >= 15 is 0 Å². The molecule has 2 aliphatic heterocycles. The summed E-state index contributed by atoms with van der Waals surface area (Å²) in [6.07, 6.45) is 4.84. The molecule has 18 atom stereocenters. The third-order valence-corrected chi connectivity index (χ3v) is 24.3. The van der Waals surface area contributed by atoms with Crippen LogP contribution in [0.3, 0.4) is 0 Å². The van der Waals surface area contributed by atoms with Crippen molar-refractivity contribution < 1.29 is 62.1 Å². The Morgan fingerprint density at radius 3 is 1.36 bits per heavy atom. The molecule has 2 fully saturated rings. The number of methoxy groups -OCH3 is 4. The van der Waals surface area contributed by atoms with Crippen molar-refractivity contribution in [3.8, 4) is 0 Å². The number of carbonyl (C=O) groups is 9. The third-order valence-electron chi connectivity index (χ3n) is 23.4. The fourth-order valence-corrected chi connectivity index (χ4v) is 17.3. The van der Waals surface area contributed by atoms with Gasteiger partial charge in [0, 0.05) is 85.0 Å². The first-order chi connectivity index (χ1) is 54.5. The van der Waals surface area contributed by atoms with E-state index in [1.165, 1.54) is 11.3 Å². The predicted molar refractivity (Wildman–Crippen MR) is 454 cm³/mol. The van der Waals surface area contributed by atoms with E-state index in [4.69, 9.17) is 24.7 Å². The highest BCUT2D eigenvalue weighted by atomic mass is 32.1. The molecule has 0 aliphatic carbocycles. The molecule has 0 saturated carbocycles. The first-order valence-corrected chi connectivity index (χ1v) is 42.3. The molecule has 0 unspecified atom stereocenters. The summed E-state index contributed by atoms with van der Waals surface area (Å²) in [6.45, 7) is 28.6. The number of carbonyl (C=O) groups excluding carboxylic acids is 9. The molecule has 4 aromatic rings. The molecule has 8 N–H and O–H groups in total. The van der Waals surface area contributed by atoms with Gasteiger partial charge in [0.2, 0.25) is 47.3 Å². The number of hydrogen-bond acceptors (Lipinski definition) is 18. The van der Waals surface area contributed by atoms with Gasteiger partial charge in [-0.15, -0.1) is 11.3 Å². The fraction of sp³-hybridized carbons (Fsp3) is 0.659. The number of likely N-dealkylation sites (N-methyl/N-ethyl adjacent to an activating group) is 4. The molecule has 27 heteroatoms. The summed E-state index contributed by atoms with van der Waals surface area (Å²) in [6, 6.07) is 21.7. The molecule has 115 heavy (non-hydrogen) atoms. The zero-order valence-electron chi connectivity index (χ0n) is 73.1. The van der Waals surface area contributed by atoms with Crippen molar-refractivity contribution in [1.82, 2.24) is 61.4 Å². The van der Waals surface area contributed by atoms with Gasteiger partial charge in [-0.25, -0.2) is 4.98 Å². The lowest BCUT2D eigenvalue weighted by atomic mass is 9.89. The van der Waals surface area contributed by atoms with Crippen molar-refractivity contribution in [2.24, 2.45) is 47.3 Å². The quantitative estimate of drug-likeness (QED) is 0.0203. The van der Waals surface area contributed by atoms with Gasteiger partial charge in [0.15, 0.2) is 0 Å². The average molecular weight is 1620 g/mol. The summed E-state index contributed by atoms with van der Waals surface area (Å²) in [5, 5.41) is 21.2. The van der Waals surface area contributed by atoms with E-state index in [2.05, 4.69) is 50.7 Å². The second-order valence-corrected chi connectivity index (χ2v) is 34.1. The zero-order chi connectivity index (χ0) is 85.7. The predicted octanol–water partition coefficient (Wildman–Crippen LogP) is 9.22. The van der Waals surface area contributed by atoms with Gasteiger partial charge in [-0.05, 0) is 131 Å². The Labute approximate surface area is 690 Å². The molecule has 26 nitrogen and oxygen atoms in total. The number of likely N-dealkylation sites (tertiary alicyclic amines) is 2. The van der Waals surface area contributed by atoms with Gasteiger partial charge in [-0.1, -0.05) is 170 Å². The van der Waals surface area contributed by atoms with Crippen molar-refractivity contribution in [1.29, 1.82) is 0 Å². The van der Waals surface area contributed by atoms with Crippen molar-refractivity contribution in [3.63, 3.8) is 0 Å². The van der Waals surface area contributed by atoms with Crippen LogP contribution in [0.1, 0.15) is 181 Å². The van der Waals surface area contributed by atoms with Gasteiger partial charge in [-0.2, -0.15) is 0 Å². The van der Waals surface area contributed by atoms with Crippen LogP contribution in [0.15, 0.2) is 96.5 Å². The lowest BCUT2D eigenvalue weighted by molar-refractivity contribution is -0.148. The molecule has 0 bridgehead atoms. The van der Waals surface area contributed by atoms with Crippen molar-refractivity contribution in [2.75, 3.05) is 89.0 Å². The Hall–Kier alpha value is -7.92. The standard InChI is InChI=1S/C47H75N7O7.C41H66N6O6S/c1-13-31(6)42(53(10)47(59)40(29(2)3)51-46(58)41(30(4)5)52(8)9)38(60-11)27-39(55)54-25-17-20-37(54)43(61-12)32(7)44(56)50-36(26-33-18-15-14-16-19-33)28-49-45(57)34-21-23-35(48)24-22-34;1-12-27(6)36(46(9)41(51)35(26(4)5)45-39(50)34(42-8)25(2)3)32(52-10)24-33(48)47-21-16-19-31(47)37(53-11)28(7)38(49)44-30(40-43-20-22-54-40)23-29-17-14-13-15-18-29/h14-16,18-19,21-24,29-32,36-38,40-43H,13,17,20,25-28,48H2,1-12H3,(H,49,57)(H,50,56)(H,51,58);13-15,17-18,20,22,25-28,30-32,34-37,42H,12,16,19,21,23-24H2,1-11H3,(H,44,49)(H,45,50)/t31-,32+,36-,37-,38+,40-,41-,42-,43+;27-,28+,30-,31-,32+,34-,35-,36-,37+/m00/s1. The summed E-state index contributed by atoms with van der Waals surface area (Å²) in [5.74, 6) is -3.36. The summed E-state index contributed by atoms with van der Waals surface area (Å²) >= 11 is 1.51. The number of aromatic nitrogens is 1. The number of benzene rings is 3. The van der Waals surface area contributed by atoms with Crippen LogP contribution >= 0.6 is 11.3 Å². The number of anilines is 1. The lowest BCUT2D eigenvalue weighted by Gasteiger charge is -2.41. The molecule has 1 aromatic heterocycles. The van der Waals surface area contributed by atoms with Gasteiger partial charge < -0.3 is 76.2 Å². The summed E-state index contributed by atoms with van der Waals surface area (Å²) in [5.41, 5.74) is 8.92. The molecule has 0 spiro atoms. The van der Waals surface area contributed by atoms with E-state index in [-0.39, 0.29) is 126 Å². The number of rotatable bonds is 44. The van der Waals surface area contributed by atoms with Crippen LogP contribution < -0.4 is 37.6 Å². The van der Waals surface area contributed by atoms with Crippen LogP contribution in [-0.2, 0) is 70.1 Å². The molecular weight excluding hydrogens is 1480 g/mol. The number of nitrogens with two attached hydrogens (primary N) is 1. The number of hydrogen-bond donors (Lipinski definition) is 7. The lowest BCUT2D eigenvalue weighted by Crippen LogP contribution is -2.59. The Balaban J connectivity index is 0.000000413. The maximum Gasteiger partial charge on any atom is 0.251 e. The van der Waals surface area contributed by atoms with Crippen molar-refractivity contribution >= 4 is 70.2 Å². The Morgan fingerprint density at radius 2 is 0.974 bits per heavy atom. The average Bonchev–Trinajstić information content (AvgIpc) is 1.77. The molecule has 3 heterocycles. The van der Waals surface area contributed by atoms with E-state index in [1.54, 1.807) is 102 Å². The molecular formula is C88H141N13O13S. The van der Waals surface area contributed by atoms with Gasteiger partial charge >= 0.3 is 0 Å². The fourth-order valence-electron chi connectivity index (χ4n) is 16.6. The minimum Gasteiger partial charge on any atom is -0.399 e. The molecule has 3 aromatic carbocycles. The monoisotopic (exact) mass is 1620 g/mol. The Kier molecular flexibility index (Phi) is 40.8. The summed E-state index contributed by atoms with van der Waals surface area (Å²) in [4.78, 5) is 138. The van der Waals surface area contributed by atoms with Crippen LogP contribution in [0.25, 0.3) is 0 Å². The molecule has 0 radical (unpaired) electrons. The van der Waals surface area contributed by atoms with Crippen molar-refractivity contribution in [3.05, 3.63) is 118 Å². The van der Waals surface area contributed by atoms with Crippen LogP contribution in [-0.4, -0.2) is 245 Å². The Morgan fingerprint density at radius 1 is 0.539 bits per heavy atom. The minimum absolute atomic E-state index is 0.00702. The topological polar surface area (TPSA) is 318 Å². The highest BCUT2D eigenvalue weighted by molar-refractivity contribution is 7.09. The number of thiazole rings is 1. The maximum atomic E-state index is 14.4. The smallest absolute Gasteiger partial charge is 0.251 e. The summed E-state index contributed by atoms with van der Waals surface area (Å²) in [7, 11) is 15.2. The van der Waals surface area contributed by atoms with E-state index in [1.807, 2.05) is 166 Å². The SMILES string of the molecule is CC[C@H](C)[C@@H]([C@@H](CC(=O)N1CCC[C@H]1[C@H](OC)[C@@H](C)C(=O)N[C@@H](Cc1ccccc1)c1nccs1)OC)N(C)C(=O)[C@@H](NC(=O)[C@@H](NC)C(C)C)C(C)C.CC[C@H](C)[C@@H]([C@@H](CC(=O)N1CCC[C@H]1[C@H](OC)[C@@H](C)C(=O)N[C@H](CNC(=O)c1ccc(N)cc1)Cc1ccccc1)OC)N(C)C(=O)[C@@H](NC(=O)[C@H](C(C)C)N(C)C)C(C)C. The molecule has 642 valence electrons. The van der Waals surface area contributed by atoms with Crippen LogP contribution in [0.5, 0.6) is 0 Å². The highest BCUT2D eigenvalue weighted by Crippen LogP contribution is 2.34. The van der Waals surface area contributed by atoms with Crippen LogP contribution in [0.4, 0.5) is 5.69 Å². The number of ether oxygens (including phenoxy) is 4. The van der Waals surface area contributed by atoms with Crippen LogP contribution in [0, 0.1) is 47.3 Å². The maximum absolute atomic E-state index is 14.4. The van der Waals surface area contributed by atoms with E-state index in [0.29, 0.717) is 50.0 Å². The Bertz CT molecular complexity index is 3620. The van der Waals surface area contributed by atoms with E-state index in [9.17, 15) is 43.2 Å². The molecule has 2 aliphatic rings. The zero-order valence-corrected chi connectivity index (χ0v) is 73.9. The van der Waals surface area contributed by atoms with Crippen molar-refractivity contribution in [2.45, 2.75) is 246 Å². The van der Waals surface area contributed by atoms with Gasteiger partial charge in [-0.3, -0.25) is 48.1 Å². The molecule has 9 amide bonds. The summed E-state index contributed by atoms with van der Waals surface area (Å²) < 4.78 is 24.2. The highest BCUT2D eigenvalue weighted by Gasteiger charge is 2.46. The number of amides is 9. The second kappa shape index (κ2) is 48.1. The van der Waals surface area contributed by atoms with Gasteiger partial charge in [0.1, 0.15) is 17.1 Å².